The number of nitrogens with zero attached hydrogens (tertiary/aromatic N) is 2. The van der Waals surface area contributed by atoms with Crippen molar-refractivity contribution in [2.45, 2.75) is 13.3 Å². The molecule has 0 saturated heterocycles. The van der Waals surface area contributed by atoms with Crippen molar-refractivity contribution in [3.63, 3.8) is 0 Å². The zero-order valence-electron chi connectivity index (χ0n) is 16.1. The molecule has 0 fully saturated rings. The van der Waals surface area contributed by atoms with Crippen LogP contribution in [0.3, 0.4) is 0 Å². The smallest absolute Gasteiger partial charge is 0.226 e. The van der Waals surface area contributed by atoms with Crippen LogP contribution in [0.25, 0.3) is 22.6 Å². The quantitative estimate of drug-likeness (QED) is 0.423. The zero-order valence-corrected chi connectivity index (χ0v) is 16.1. The molecule has 0 aliphatic heterocycles. The third-order valence-electron chi connectivity index (χ3n) is 4.70. The molecular weight excluding hydrogens is 360 g/mol. The summed E-state index contributed by atoms with van der Waals surface area (Å²) < 4.78 is 11.6. The van der Waals surface area contributed by atoms with E-state index >= 15 is 0 Å². The molecule has 1 heterocycles. The molecule has 3 aromatic carbocycles. The molecule has 0 spiro atoms. The van der Waals surface area contributed by atoms with E-state index in [0.29, 0.717) is 30.2 Å². The first-order chi connectivity index (χ1) is 14.2. The van der Waals surface area contributed by atoms with Gasteiger partial charge >= 0.3 is 0 Å². The summed E-state index contributed by atoms with van der Waals surface area (Å²) >= 11 is 0. The van der Waals surface area contributed by atoms with Crippen molar-refractivity contribution in [3.05, 3.63) is 95.9 Å². The Kier molecular flexibility index (Phi) is 5.40. The first kappa shape index (κ1) is 18.5. The third kappa shape index (κ3) is 4.36. The van der Waals surface area contributed by atoms with E-state index in [0.717, 1.165) is 22.6 Å². The van der Waals surface area contributed by atoms with Crippen LogP contribution in [0.1, 0.15) is 17.0 Å². The molecule has 0 saturated carbocycles. The largest absolute Gasteiger partial charge is 0.493 e. The number of aryl methyl sites for hydroxylation is 1. The van der Waals surface area contributed by atoms with Gasteiger partial charge in [0.15, 0.2) is 0 Å². The number of hydrogen-bond donors (Lipinski definition) is 0. The SMILES string of the molecule is Cc1oc(-c2ccc(-c3ccccc3)cc2)nc1CCOc1cccc(C#N)c1. The van der Waals surface area contributed by atoms with E-state index in [1.165, 1.54) is 5.56 Å². The Hall–Kier alpha value is -3.84. The number of ether oxygens (including phenoxy) is 1. The van der Waals surface area contributed by atoms with Crippen molar-refractivity contribution >= 4 is 0 Å². The molecule has 0 bridgehead atoms. The molecule has 0 aliphatic carbocycles. The Morgan fingerprint density at radius 1 is 0.897 bits per heavy atom. The molecule has 0 N–H and O–H groups in total. The maximum absolute atomic E-state index is 8.97. The van der Waals surface area contributed by atoms with Crippen molar-refractivity contribution in [1.29, 1.82) is 5.26 Å². The normalized spacial score (nSPS) is 10.5. The van der Waals surface area contributed by atoms with Crippen LogP contribution >= 0.6 is 0 Å². The van der Waals surface area contributed by atoms with E-state index in [9.17, 15) is 0 Å². The molecule has 4 aromatic rings. The van der Waals surface area contributed by atoms with Crippen LogP contribution in [0.15, 0.2) is 83.3 Å². The van der Waals surface area contributed by atoms with Crippen molar-refractivity contribution < 1.29 is 9.15 Å². The average Bonchev–Trinajstić information content (AvgIpc) is 3.15. The summed E-state index contributed by atoms with van der Waals surface area (Å²) in [4.78, 5) is 4.65. The molecular formula is C25H20N2O2. The molecule has 0 radical (unpaired) electrons. The minimum absolute atomic E-state index is 0.467. The fourth-order valence-corrected chi connectivity index (χ4v) is 3.14. The van der Waals surface area contributed by atoms with Crippen molar-refractivity contribution in [2.24, 2.45) is 0 Å². The lowest BCUT2D eigenvalue weighted by Gasteiger charge is -2.05. The van der Waals surface area contributed by atoms with Crippen LogP contribution in [0.2, 0.25) is 0 Å². The fraction of sp³-hybridized carbons (Fsp3) is 0.120. The van der Waals surface area contributed by atoms with Crippen LogP contribution in [-0.4, -0.2) is 11.6 Å². The molecule has 4 nitrogen and oxygen atoms in total. The van der Waals surface area contributed by atoms with Gasteiger partial charge in [-0.2, -0.15) is 5.26 Å². The first-order valence-electron chi connectivity index (χ1n) is 9.48. The van der Waals surface area contributed by atoms with Gasteiger partial charge in [0.1, 0.15) is 11.5 Å². The highest BCUT2D eigenvalue weighted by atomic mass is 16.5. The van der Waals surface area contributed by atoms with Gasteiger partial charge in [0.2, 0.25) is 5.89 Å². The van der Waals surface area contributed by atoms with Gasteiger partial charge in [-0.1, -0.05) is 48.5 Å². The van der Waals surface area contributed by atoms with E-state index < -0.39 is 0 Å². The van der Waals surface area contributed by atoms with E-state index in [1.807, 2.05) is 49.4 Å². The Morgan fingerprint density at radius 2 is 1.62 bits per heavy atom. The Labute approximate surface area is 170 Å². The number of rotatable bonds is 6. The molecule has 4 heteroatoms. The van der Waals surface area contributed by atoms with E-state index in [2.05, 4.69) is 35.3 Å². The molecule has 4 rings (SSSR count). The fourth-order valence-electron chi connectivity index (χ4n) is 3.14. The van der Waals surface area contributed by atoms with Gasteiger partial charge in [-0.3, -0.25) is 0 Å². The van der Waals surface area contributed by atoms with Gasteiger partial charge in [-0.05, 0) is 48.4 Å². The Morgan fingerprint density at radius 3 is 2.38 bits per heavy atom. The van der Waals surface area contributed by atoms with E-state index in [-0.39, 0.29) is 0 Å². The number of hydrogen-bond acceptors (Lipinski definition) is 4. The summed E-state index contributed by atoms with van der Waals surface area (Å²) in [7, 11) is 0. The van der Waals surface area contributed by atoms with Crippen molar-refractivity contribution in [3.8, 4) is 34.4 Å². The molecule has 0 atom stereocenters. The predicted octanol–water partition coefficient (Wildman–Crippen LogP) is 5.81. The molecule has 29 heavy (non-hydrogen) atoms. The van der Waals surface area contributed by atoms with Gasteiger partial charge in [-0.25, -0.2) is 4.98 Å². The molecule has 142 valence electrons. The highest BCUT2D eigenvalue weighted by Crippen LogP contribution is 2.26. The third-order valence-corrected chi connectivity index (χ3v) is 4.70. The van der Waals surface area contributed by atoms with Gasteiger partial charge in [0.25, 0.3) is 0 Å². The second-order valence-electron chi connectivity index (χ2n) is 6.70. The summed E-state index contributed by atoms with van der Waals surface area (Å²) in [6.07, 6.45) is 0.633. The van der Waals surface area contributed by atoms with Crippen LogP contribution in [-0.2, 0) is 6.42 Å². The average molecular weight is 380 g/mol. The lowest BCUT2D eigenvalue weighted by Crippen LogP contribution is -2.02. The van der Waals surface area contributed by atoms with Gasteiger partial charge in [0.05, 0.1) is 23.9 Å². The highest BCUT2D eigenvalue weighted by Gasteiger charge is 2.12. The second-order valence-corrected chi connectivity index (χ2v) is 6.70. The van der Waals surface area contributed by atoms with Gasteiger partial charge in [-0.15, -0.1) is 0 Å². The van der Waals surface area contributed by atoms with Crippen molar-refractivity contribution in [2.75, 3.05) is 6.61 Å². The molecule has 0 unspecified atom stereocenters. The lowest BCUT2D eigenvalue weighted by molar-refractivity contribution is 0.320. The minimum Gasteiger partial charge on any atom is -0.493 e. The Bertz CT molecular complexity index is 1140. The van der Waals surface area contributed by atoms with Crippen LogP contribution in [0.4, 0.5) is 0 Å². The molecule has 0 amide bonds. The maximum atomic E-state index is 8.97. The predicted molar refractivity (Wildman–Crippen MR) is 112 cm³/mol. The van der Waals surface area contributed by atoms with Crippen LogP contribution in [0.5, 0.6) is 5.75 Å². The summed E-state index contributed by atoms with van der Waals surface area (Å²) in [5.41, 5.74) is 4.75. The second kappa shape index (κ2) is 8.45. The standard InChI is InChI=1S/C25H20N2O2/c1-18-24(14-15-28-23-9-5-6-19(16-23)17-26)27-25(29-18)22-12-10-21(11-13-22)20-7-3-2-4-8-20/h2-13,16H,14-15H2,1H3. The Balaban J connectivity index is 1.43. The lowest BCUT2D eigenvalue weighted by atomic mass is 10.0. The number of nitriles is 1. The highest BCUT2D eigenvalue weighted by molar-refractivity contribution is 5.67. The maximum Gasteiger partial charge on any atom is 0.226 e. The summed E-state index contributed by atoms with van der Waals surface area (Å²) in [6, 6.07) is 27.7. The molecule has 1 aromatic heterocycles. The number of aromatic nitrogens is 1. The van der Waals surface area contributed by atoms with Gasteiger partial charge in [0, 0.05) is 12.0 Å². The van der Waals surface area contributed by atoms with Gasteiger partial charge < -0.3 is 9.15 Å². The number of oxazole rings is 1. The van der Waals surface area contributed by atoms with Crippen LogP contribution in [0, 0.1) is 18.3 Å². The summed E-state index contributed by atoms with van der Waals surface area (Å²) in [6.45, 7) is 2.38. The zero-order chi connectivity index (χ0) is 20.1. The number of benzene rings is 3. The monoisotopic (exact) mass is 380 g/mol. The van der Waals surface area contributed by atoms with E-state index in [1.54, 1.807) is 12.1 Å². The van der Waals surface area contributed by atoms with E-state index in [4.69, 9.17) is 14.4 Å². The first-order valence-corrected chi connectivity index (χ1v) is 9.48. The summed E-state index contributed by atoms with van der Waals surface area (Å²) in [5.74, 6) is 2.09. The topological polar surface area (TPSA) is 59.1 Å². The molecule has 0 aliphatic rings. The summed E-state index contributed by atoms with van der Waals surface area (Å²) in [5, 5.41) is 8.97. The van der Waals surface area contributed by atoms with Crippen LogP contribution < -0.4 is 4.74 Å². The minimum atomic E-state index is 0.467. The van der Waals surface area contributed by atoms with Crippen molar-refractivity contribution in [1.82, 2.24) is 4.98 Å².